The topological polar surface area (TPSA) is 57.7 Å². The molecule has 0 radical (unpaired) electrons. The van der Waals surface area contributed by atoms with Crippen molar-refractivity contribution in [2.24, 2.45) is 0 Å². The fourth-order valence-electron chi connectivity index (χ4n) is 3.32. The second-order valence-corrected chi connectivity index (χ2v) is 7.70. The van der Waals surface area contributed by atoms with Gasteiger partial charge in [-0.2, -0.15) is 4.31 Å². The third-order valence-electron chi connectivity index (χ3n) is 4.52. The van der Waals surface area contributed by atoms with E-state index >= 15 is 0 Å². The van der Waals surface area contributed by atoms with E-state index in [0.29, 0.717) is 17.0 Å². The molecule has 1 amide bonds. The molecule has 2 unspecified atom stereocenters. The molecule has 1 aromatic rings. The van der Waals surface area contributed by atoms with E-state index in [1.807, 2.05) is 11.0 Å². The monoisotopic (exact) mass is 308 g/mol. The van der Waals surface area contributed by atoms with Gasteiger partial charge in [0, 0.05) is 19.1 Å². The van der Waals surface area contributed by atoms with Crippen LogP contribution in [0, 0.1) is 6.92 Å². The van der Waals surface area contributed by atoms with Gasteiger partial charge < -0.3 is 4.90 Å². The van der Waals surface area contributed by atoms with Crippen LogP contribution < -0.4 is 0 Å². The third-order valence-corrected chi connectivity index (χ3v) is 6.62. The number of hydrogen-bond donors (Lipinski definition) is 0. The molecule has 114 valence electrons. The smallest absolute Gasteiger partial charge is 0.244 e. The number of aryl methyl sites for hydroxylation is 1. The lowest BCUT2D eigenvalue weighted by molar-refractivity contribution is -0.139. The van der Waals surface area contributed by atoms with Gasteiger partial charge >= 0.3 is 0 Å². The number of benzene rings is 1. The highest BCUT2D eigenvalue weighted by atomic mass is 32.2. The molecule has 3 rings (SSSR count). The third kappa shape index (κ3) is 2.26. The Balaban J connectivity index is 1.99. The van der Waals surface area contributed by atoms with Crippen molar-refractivity contribution in [1.82, 2.24) is 9.21 Å². The summed E-state index contributed by atoms with van der Waals surface area (Å²) >= 11 is 0. The molecule has 2 atom stereocenters. The summed E-state index contributed by atoms with van der Waals surface area (Å²) in [7, 11) is -3.63. The molecule has 1 aromatic carbocycles. The summed E-state index contributed by atoms with van der Waals surface area (Å²) in [6.45, 7) is 4.63. The number of fused-ring (bicyclic) bond motifs is 1. The van der Waals surface area contributed by atoms with E-state index in [4.69, 9.17) is 0 Å². The molecule has 0 aliphatic carbocycles. The molecule has 0 aromatic heterocycles. The van der Waals surface area contributed by atoms with Crippen LogP contribution in [-0.2, 0) is 14.8 Å². The molecule has 21 heavy (non-hydrogen) atoms. The average molecular weight is 308 g/mol. The maximum atomic E-state index is 12.9. The number of carbonyl (C=O) groups excluding carboxylic acids is 1. The predicted molar refractivity (Wildman–Crippen MR) is 79.3 cm³/mol. The Hall–Kier alpha value is -1.40. The fraction of sp³-hybridized carbons (Fsp3) is 0.533. The van der Waals surface area contributed by atoms with E-state index in [-0.39, 0.29) is 11.9 Å². The quantitative estimate of drug-likeness (QED) is 0.829. The van der Waals surface area contributed by atoms with Gasteiger partial charge in [-0.15, -0.1) is 0 Å². The van der Waals surface area contributed by atoms with Gasteiger partial charge in [0.2, 0.25) is 15.9 Å². The summed E-state index contributed by atoms with van der Waals surface area (Å²) in [4.78, 5) is 14.5. The van der Waals surface area contributed by atoms with Gasteiger partial charge in [-0.1, -0.05) is 18.2 Å². The molecule has 2 aliphatic heterocycles. The zero-order valence-corrected chi connectivity index (χ0v) is 13.1. The molecule has 2 aliphatic rings. The summed E-state index contributed by atoms with van der Waals surface area (Å²) in [6, 6.07) is 6.35. The second kappa shape index (κ2) is 5.10. The summed E-state index contributed by atoms with van der Waals surface area (Å²) < 4.78 is 27.2. The van der Waals surface area contributed by atoms with Crippen molar-refractivity contribution in [3.8, 4) is 0 Å². The molecular weight excluding hydrogens is 288 g/mol. The Morgan fingerprint density at radius 2 is 1.95 bits per heavy atom. The van der Waals surface area contributed by atoms with Crippen LogP contribution in [0.4, 0.5) is 0 Å². The van der Waals surface area contributed by atoms with Crippen LogP contribution in [0.3, 0.4) is 0 Å². The predicted octanol–water partition coefficient (Wildman–Crippen LogP) is 1.38. The summed E-state index contributed by atoms with van der Waals surface area (Å²) in [6.07, 6.45) is 1.85. The van der Waals surface area contributed by atoms with Gasteiger partial charge in [-0.3, -0.25) is 4.79 Å². The first-order valence-corrected chi connectivity index (χ1v) is 8.75. The molecular formula is C15H20N2O3S. The van der Waals surface area contributed by atoms with Crippen molar-refractivity contribution in [2.75, 3.05) is 13.1 Å². The molecule has 5 nitrogen and oxygen atoms in total. The minimum absolute atomic E-state index is 0.0347. The van der Waals surface area contributed by atoms with Gasteiger partial charge in [0.1, 0.15) is 6.04 Å². The SMILES string of the molecule is Cc1ccccc1S(=O)(=O)N1CC2CCCN2C(=O)C1C. The lowest BCUT2D eigenvalue weighted by Crippen LogP contribution is -2.59. The largest absolute Gasteiger partial charge is 0.337 e. The standard InChI is InChI=1S/C15H20N2O3S/c1-11-6-3-4-8-14(11)21(19,20)17-10-13-7-5-9-16(13)15(18)12(17)2/h3-4,6,8,12-13H,5,7,9-10H2,1-2H3. The number of nitrogens with zero attached hydrogens (tertiary/aromatic N) is 2. The average Bonchev–Trinajstić information content (AvgIpc) is 2.91. The van der Waals surface area contributed by atoms with Crippen LogP contribution in [0.15, 0.2) is 29.2 Å². The molecule has 0 bridgehead atoms. The van der Waals surface area contributed by atoms with Gasteiger partial charge in [-0.05, 0) is 38.3 Å². The maximum Gasteiger partial charge on any atom is 0.244 e. The zero-order valence-electron chi connectivity index (χ0n) is 12.3. The van der Waals surface area contributed by atoms with Crippen LogP contribution in [0.1, 0.15) is 25.3 Å². The Kier molecular flexibility index (Phi) is 3.53. The van der Waals surface area contributed by atoms with Crippen LogP contribution in [-0.4, -0.2) is 48.7 Å². The molecule has 6 heteroatoms. The summed E-state index contributed by atoms with van der Waals surface area (Å²) in [5.41, 5.74) is 0.714. The van der Waals surface area contributed by atoms with Crippen molar-refractivity contribution in [1.29, 1.82) is 0 Å². The highest BCUT2D eigenvalue weighted by molar-refractivity contribution is 7.89. The Morgan fingerprint density at radius 1 is 1.24 bits per heavy atom. The lowest BCUT2D eigenvalue weighted by atomic mass is 10.1. The van der Waals surface area contributed by atoms with Crippen LogP contribution in [0.5, 0.6) is 0 Å². The first kappa shape index (κ1) is 14.5. The van der Waals surface area contributed by atoms with E-state index in [9.17, 15) is 13.2 Å². The van der Waals surface area contributed by atoms with E-state index in [1.165, 1.54) is 4.31 Å². The van der Waals surface area contributed by atoms with Crippen molar-refractivity contribution in [3.63, 3.8) is 0 Å². The van der Waals surface area contributed by atoms with Crippen molar-refractivity contribution < 1.29 is 13.2 Å². The molecule has 0 spiro atoms. The Morgan fingerprint density at radius 3 is 2.67 bits per heavy atom. The number of carbonyl (C=O) groups is 1. The summed E-state index contributed by atoms with van der Waals surface area (Å²) in [5.74, 6) is -0.0686. The second-order valence-electron chi connectivity index (χ2n) is 5.84. The highest BCUT2D eigenvalue weighted by Crippen LogP contribution is 2.30. The van der Waals surface area contributed by atoms with E-state index in [1.54, 1.807) is 32.0 Å². The fourth-order valence-corrected chi connectivity index (χ4v) is 5.18. The molecule has 0 saturated carbocycles. The zero-order chi connectivity index (χ0) is 15.2. The molecule has 2 saturated heterocycles. The van der Waals surface area contributed by atoms with Crippen LogP contribution in [0.25, 0.3) is 0 Å². The number of piperazine rings is 1. The first-order valence-electron chi connectivity index (χ1n) is 7.31. The Bertz CT molecular complexity index is 671. The van der Waals surface area contributed by atoms with Crippen LogP contribution >= 0.6 is 0 Å². The number of hydrogen-bond acceptors (Lipinski definition) is 3. The molecule has 2 heterocycles. The molecule has 0 N–H and O–H groups in total. The van der Waals surface area contributed by atoms with E-state index in [2.05, 4.69) is 0 Å². The van der Waals surface area contributed by atoms with Gasteiger partial charge in [0.25, 0.3) is 0 Å². The van der Waals surface area contributed by atoms with Crippen molar-refractivity contribution >= 4 is 15.9 Å². The van der Waals surface area contributed by atoms with Gasteiger partial charge in [-0.25, -0.2) is 8.42 Å². The van der Waals surface area contributed by atoms with E-state index < -0.39 is 16.1 Å². The lowest BCUT2D eigenvalue weighted by Gasteiger charge is -2.40. The number of sulfonamides is 1. The summed E-state index contributed by atoms with van der Waals surface area (Å²) in [5, 5.41) is 0. The van der Waals surface area contributed by atoms with Crippen molar-refractivity contribution in [3.05, 3.63) is 29.8 Å². The molecule has 2 fully saturated rings. The van der Waals surface area contributed by atoms with Gasteiger partial charge in [0.15, 0.2) is 0 Å². The highest BCUT2D eigenvalue weighted by Gasteiger charge is 2.45. The van der Waals surface area contributed by atoms with Crippen molar-refractivity contribution in [2.45, 2.75) is 43.7 Å². The minimum atomic E-state index is -3.63. The Labute approximate surface area is 125 Å². The number of rotatable bonds is 2. The first-order chi connectivity index (χ1) is 9.93. The minimum Gasteiger partial charge on any atom is -0.337 e. The maximum absolute atomic E-state index is 12.9. The van der Waals surface area contributed by atoms with E-state index in [0.717, 1.165) is 19.4 Å². The normalized spacial score (nSPS) is 27.0. The van der Waals surface area contributed by atoms with Gasteiger partial charge in [0.05, 0.1) is 4.90 Å². The number of amides is 1. The van der Waals surface area contributed by atoms with Crippen LogP contribution in [0.2, 0.25) is 0 Å².